The molecule has 84 valence electrons. The Morgan fingerprint density at radius 2 is 1.94 bits per heavy atom. The lowest BCUT2D eigenvalue weighted by Gasteiger charge is -2.13. The second-order valence-electron chi connectivity index (χ2n) is 3.93. The molecular weight excluding hydrogens is 238 g/mol. The molecule has 1 unspecified atom stereocenters. The Hall–Kier alpha value is -0.830. The first-order valence-corrected chi connectivity index (χ1v) is 6.35. The molecule has 0 spiro atoms. The molecule has 0 aliphatic carbocycles. The van der Waals surface area contributed by atoms with Crippen molar-refractivity contribution in [3.8, 4) is 0 Å². The van der Waals surface area contributed by atoms with Crippen molar-refractivity contribution in [2.45, 2.75) is 19.9 Å². The highest BCUT2D eigenvalue weighted by molar-refractivity contribution is 7.12. The second-order valence-corrected chi connectivity index (χ2v) is 5.68. The standard InChI is InChI=1S/C13H14ClNS/c1-8-7-10(14)4-5-11(8)13(15)12-6-3-9(2)16-12/h3-7,13H,15H2,1-2H3. The quantitative estimate of drug-likeness (QED) is 0.856. The molecule has 1 aromatic heterocycles. The Kier molecular flexibility index (Phi) is 3.33. The van der Waals surface area contributed by atoms with E-state index in [-0.39, 0.29) is 6.04 Å². The highest BCUT2D eigenvalue weighted by Crippen LogP contribution is 2.29. The maximum atomic E-state index is 6.25. The second kappa shape index (κ2) is 4.58. The summed E-state index contributed by atoms with van der Waals surface area (Å²) in [6, 6.07) is 10.0. The van der Waals surface area contributed by atoms with Gasteiger partial charge >= 0.3 is 0 Å². The van der Waals surface area contributed by atoms with Gasteiger partial charge in [0.25, 0.3) is 0 Å². The monoisotopic (exact) mass is 251 g/mol. The van der Waals surface area contributed by atoms with Gasteiger partial charge in [-0.15, -0.1) is 11.3 Å². The average molecular weight is 252 g/mol. The molecule has 0 aliphatic rings. The average Bonchev–Trinajstić information content (AvgIpc) is 2.64. The van der Waals surface area contributed by atoms with Gasteiger partial charge in [0.15, 0.2) is 0 Å². The Morgan fingerprint density at radius 3 is 2.50 bits per heavy atom. The molecule has 1 heterocycles. The summed E-state index contributed by atoms with van der Waals surface area (Å²) in [4.78, 5) is 2.49. The minimum absolute atomic E-state index is 0.0454. The molecule has 3 heteroatoms. The van der Waals surface area contributed by atoms with Gasteiger partial charge in [-0.3, -0.25) is 0 Å². The van der Waals surface area contributed by atoms with Crippen LogP contribution in [0.5, 0.6) is 0 Å². The molecule has 2 aromatic rings. The zero-order valence-corrected chi connectivity index (χ0v) is 10.9. The van der Waals surface area contributed by atoms with Gasteiger partial charge < -0.3 is 5.73 Å². The molecule has 1 nitrogen and oxygen atoms in total. The van der Waals surface area contributed by atoms with Crippen LogP contribution >= 0.6 is 22.9 Å². The van der Waals surface area contributed by atoms with Crippen LogP contribution in [-0.2, 0) is 0 Å². The van der Waals surface area contributed by atoms with Gasteiger partial charge in [-0.25, -0.2) is 0 Å². The fraction of sp³-hybridized carbons (Fsp3) is 0.231. The fourth-order valence-corrected chi connectivity index (χ4v) is 2.89. The van der Waals surface area contributed by atoms with Crippen LogP contribution in [0.25, 0.3) is 0 Å². The van der Waals surface area contributed by atoms with E-state index in [0.717, 1.165) is 16.1 Å². The van der Waals surface area contributed by atoms with Gasteiger partial charge in [0.2, 0.25) is 0 Å². The number of rotatable bonds is 2. The van der Waals surface area contributed by atoms with Crippen LogP contribution < -0.4 is 5.73 Å². The summed E-state index contributed by atoms with van der Waals surface area (Å²) in [5.74, 6) is 0. The number of hydrogen-bond acceptors (Lipinski definition) is 2. The lowest BCUT2D eigenvalue weighted by Crippen LogP contribution is -2.11. The largest absolute Gasteiger partial charge is 0.320 e. The lowest BCUT2D eigenvalue weighted by atomic mass is 10.0. The van der Waals surface area contributed by atoms with Crippen molar-refractivity contribution in [3.63, 3.8) is 0 Å². The lowest BCUT2D eigenvalue weighted by molar-refractivity contribution is 0.883. The third-order valence-corrected chi connectivity index (χ3v) is 3.95. The number of hydrogen-bond donors (Lipinski definition) is 1. The van der Waals surface area contributed by atoms with Gasteiger partial charge in [0.1, 0.15) is 0 Å². The van der Waals surface area contributed by atoms with E-state index in [1.54, 1.807) is 11.3 Å². The maximum absolute atomic E-state index is 6.25. The zero-order chi connectivity index (χ0) is 11.7. The Morgan fingerprint density at radius 1 is 1.19 bits per heavy atom. The molecule has 0 saturated carbocycles. The van der Waals surface area contributed by atoms with Gasteiger partial charge in [0, 0.05) is 14.8 Å². The summed E-state index contributed by atoms with van der Waals surface area (Å²) in [7, 11) is 0. The van der Waals surface area contributed by atoms with E-state index in [0.29, 0.717) is 0 Å². The van der Waals surface area contributed by atoms with E-state index >= 15 is 0 Å². The summed E-state index contributed by atoms with van der Waals surface area (Å²) in [6.45, 7) is 4.14. The molecular formula is C13H14ClNS. The van der Waals surface area contributed by atoms with Crippen LogP contribution in [-0.4, -0.2) is 0 Å². The molecule has 1 atom stereocenters. The topological polar surface area (TPSA) is 26.0 Å². The predicted molar refractivity (Wildman–Crippen MR) is 71.3 cm³/mol. The normalized spacial score (nSPS) is 12.8. The van der Waals surface area contributed by atoms with Crippen LogP contribution in [0, 0.1) is 13.8 Å². The minimum atomic E-state index is -0.0454. The van der Waals surface area contributed by atoms with Gasteiger partial charge in [-0.1, -0.05) is 17.7 Å². The van der Waals surface area contributed by atoms with E-state index < -0.39 is 0 Å². The van der Waals surface area contributed by atoms with E-state index in [4.69, 9.17) is 17.3 Å². The molecule has 2 N–H and O–H groups in total. The van der Waals surface area contributed by atoms with Gasteiger partial charge in [0.05, 0.1) is 6.04 Å². The first-order chi connectivity index (χ1) is 7.58. The molecule has 1 aromatic carbocycles. The van der Waals surface area contributed by atoms with Crippen LogP contribution in [0.3, 0.4) is 0 Å². The number of benzene rings is 1. The summed E-state index contributed by atoms with van der Waals surface area (Å²) >= 11 is 7.68. The molecule has 16 heavy (non-hydrogen) atoms. The van der Waals surface area contributed by atoms with Crippen molar-refractivity contribution >= 4 is 22.9 Å². The molecule has 0 saturated heterocycles. The smallest absolute Gasteiger partial charge is 0.0648 e. The van der Waals surface area contributed by atoms with Crippen LogP contribution in [0.4, 0.5) is 0 Å². The molecule has 0 radical (unpaired) electrons. The van der Waals surface area contributed by atoms with E-state index in [1.165, 1.54) is 9.75 Å². The number of thiophene rings is 1. The van der Waals surface area contributed by atoms with E-state index in [2.05, 4.69) is 19.1 Å². The van der Waals surface area contributed by atoms with E-state index in [9.17, 15) is 0 Å². The van der Waals surface area contributed by atoms with Crippen LogP contribution in [0.2, 0.25) is 5.02 Å². The Bertz CT molecular complexity index is 504. The predicted octanol–water partition coefficient (Wildman–Crippen LogP) is 4.07. The number of halogens is 1. The van der Waals surface area contributed by atoms with E-state index in [1.807, 2.05) is 25.1 Å². The van der Waals surface area contributed by atoms with Crippen LogP contribution in [0.15, 0.2) is 30.3 Å². The Balaban J connectivity index is 2.37. The third-order valence-electron chi connectivity index (χ3n) is 2.63. The number of nitrogens with two attached hydrogens (primary N) is 1. The molecule has 0 amide bonds. The third kappa shape index (κ3) is 2.29. The van der Waals surface area contributed by atoms with Gasteiger partial charge in [-0.05, 0) is 49.2 Å². The molecule has 0 fully saturated rings. The van der Waals surface area contributed by atoms with Crippen molar-refractivity contribution in [3.05, 3.63) is 56.2 Å². The summed E-state index contributed by atoms with van der Waals surface area (Å²) in [5, 5.41) is 0.760. The van der Waals surface area contributed by atoms with Gasteiger partial charge in [-0.2, -0.15) is 0 Å². The highest BCUT2D eigenvalue weighted by atomic mass is 35.5. The van der Waals surface area contributed by atoms with Crippen molar-refractivity contribution in [2.75, 3.05) is 0 Å². The Labute approximate surface area is 105 Å². The van der Waals surface area contributed by atoms with Crippen LogP contribution in [0.1, 0.15) is 26.9 Å². The molecule has 2 rings (SSSR count). The molecule has 0 aliphatic heterocycles. The van der Waals surface area contributed by atoms with Crippen molar-refractivity contribution in [1.82, 2.24) is 0 Å². The van der Waals surface area contributed by atoms with Crippen molar-refractivity contribution in [1.29, 1.82) is 0 Å². The first-order valence-electron chi connectivity index (χ1n) is 5.16. The van der Waals surface area contributed by atoms with Crippen molar-refractivity contribution < 1.29 is 0 Å². The highest BCUT2D eigenvalue weighted by Gasteiger charge is 2.13. The summed E-state index contributed by atoms with van der Waals surface area (Å²) < 4.78 is 0. The maximum Gasteiger partial charge on any atom is 0.0648 e. The SMILES string of the molecule is Cc1ccc(C(N)c2ccc(Cl)cc2C)s1. The zero-order valence-electron chi connectivity index (χ0n) is 9.33. The minimum Gasteiger partial charge on any atom is -0.320 e. The summed E-state index contributed by atoms with van der Waals surface area (Å²) in [5.41, 5.74) is 8.54. The number of aryl methyl sites for hydroxylation is 2. The summed E-state index contributed by atoms with van der Waals surface area (Å²) in [6.07, 6.45) is 0. The van der Waals surface area contributed by atoms with Crippen molar-refractivity contribution in [2.24, 2.45) is 5.73 Å². The molecule has 0 bridgehead atoms. The fourth-order valence-electron chi connectivity index (χ4n) is 1.76. The first kappa shape index (κ1) is 11.6.